The van der Waals surface area contributed by atoms with Gasteiger partial charge in [-0.1, -0.05) is 29.4 Å². The van der Waals surface area contributed by atoms with Crippen molar-refractivity contribution >= 4 is 11.9 Å². The summed E-state index contributed by atoms with van der Waals surface area (Å²) in [5, 5.41) is 10.2. The molecule has 0 fully saturated rings. The van der Waals surface area contributed by atoms with E-state index < -0.39 is 0 Å². The number of aromatic nitrogens is 2. The molecule has 25 heavy (non-hydrogen) atoms. The molecule has 0 saturated carbocycles. The predicted molar refractivity (Wildman–Crippen MR) is 88.8 cm³/mol. The second kappa shape index (κ2) is 7.57. The third-order valence-electron chi connectivity index (χ3n) is 3.51. The van der Waals surface area contributed by atoms with Gasteiger partial charge < -0.3 is 9.15 Å². The molecule has 128 valence electrons. The Bertz CT molecular complexity index is 845. The van der Waals surface area contributed by atoms with Gasteiger partial charge in [-0.3, -0.25) is 10.1 Å². The summed E-state index contributed by atoms with van der Waals surface area (Å²) in [6.07, 6.45) is 0.543. The Morgan fingerprint density at radius 2 is 1.76 bits per heavy atom. The van der Waals surface area contributed by atoms with Gasteiger partial charge in [-0.25, -0.2) is 4.39 Å². The molecule has 0 aliphatic carbocycles. The van der Waals surface area contributed by atoms with Crippen LogP contribution in [0.4, 0.5) is 10.4 Å². The minimum atomic E-state index is -0.305. The van der Waals surface area contributed by atoms with Crippen molar-refractivity contribution in [2.45, 2.75) is 12.8 Å². The number of nitrogens with zero attached hydrogens (tertiary/aromatic N) is 2. The van der Waals surface area contributed by atoms with Crippen LogP contribution >= 0.6 is 0 Å². The Morgan fingerprint density at radius 3 is 2.44 bits per heavy atom. The highest BCUT2D eigenvalue weighted by Gasteiger charge is 2.11. The summed E-state index contributed by atoms with van der Waals surface area (Å²) in [7, 11) is 1.58. The van der Waals surface area contributed by atoms with Crippen LogP contribution in [0.1, 0.15) is 17.0 Å². The smallest absolute Gasteiger partial charge is 0.322 e. The maximum absolute atomic E-state index is 12.9. The highest BCUT2D eigenvalue weighted by Crippen LogP contribution is 2.14. The van der Waals surface area contributed by atoms with Crippen molar-refractivity contribution in [1.82, 2.24) is 10.2 Å². The third-order valence-corrected chi connectivity index (χ3v) is 3.51. The van der Waals surface area contributed by atoms with Crippen LogP contribution in [0.2, 0.25) is 0 Å². The number of carbonyl (C=O) groups excluding carboxylic acids is 1. The summed E-state index contributed by atoms with van der Waals surface area (Å²) in [6, 6.07) is 13.2. The first kappa shape index (κ1) is 16.6. The van der Waals surface area contributed by atoms with Gasteiger partial charge in [0.05, 0.1) is 20.0 Å². The van der Waals surface area contributed by atoms with Gasteiger partial charge in [-0.15, -0.1) is 5.10 Å². The molecule has 6 nitrogen and oxygen atoms in total. The van der Waals surface area contributed by atoms with Crippen molar-refractivity contribution < 1.29 is 18.3 Å². The lowest BCUT2D eigenvalue weighted by Gasteiger charge is -2.03. The lowest BCUT2D eigenvalue weighted by molar-refractivity contribution is -0.115. The number of nitrogens with one attached hydrogen (secondary N) is 1. The molecule has 1 heterocycles. The maximum atomic E-state index is 12.9. The molecule has 1 aromatic heterocycles. The average molecular weight is 341 g/mol. The number of methoxy groups -OCH3 is 1. The predicted octanol–water partition coefficient (Wildman–Crippen LogP) is 2.99. The normalized spacial score (nSPS) is 10.5. The van der Waals surface area contributed by atoms with Crippen LogP contribution in [-0.2, 0) is 17.6 Å². The van der Waals surface area contributed by atoms with Crippen molar-refractivity contribution in [3.8, 4) is 5.75 Å². The van der Waals surface area contributed by atoms with Crippen LogP contribution in [0.15, 0.2) is 52.9 Å². The number of amides is 1. The largest absolute Gasteiger partial charge is 0.497 e. The molecule has 3 rings (SSSR count). The van der Waals surface area contributed by atoms with E-state index in [1.165, 1.54) is 12.1 Å². The van der Waals surface area contributed by atoms with Gasteiger partial charge in [-0.2, -0.15) is 0 Å². The van der Waals surface area contributed by atoms with E-state index in [-0.39, 0.29) is 24.2 Å². The van der Waals surface area contributed by atoms with Gasteiger partial charge in [0.25, 0.3) is 0 Å². The zero-order chi connectivity index (χ0) is 17.6. The second-order valence-corrected chi connectivity index (χ2v) is 5.38. The number of hydrogen-bond donors (Lipinski definition) is 1. The number of hydrogen-bond acceptors (Lipinski definition) is 5. The van der Waals surface area contributed by atoms with E-state index in [2.05, 4.69) is 15.5 Å². The molecule has 0 saturated heterocycles. The molecule has 0 radical (unpaired) electrons. The SMILES string of the molecule is COc1ccc(CC(=O)Nc2nnc(Cc3ccc(F)cc3)o2)cc1. The van der Waals surface area contributed by atoms with Crippen molar-refractivity contribution in [3.63, 3.8) is 0 Å². The van der Waals surface area contributed by atoms with E-state index in [9.17, 15) is 9.18 Å². The first-order chi connectivity index (χ1) is 12.1. The Labute approximate surface area is 143 Å². The summed E-state index contributed by atoms with van der Waals surface area (Å²) in [5.74, 6) is 0.501. The van der Waals surface area contributed by atoms with E-state index in [0.29, 0.717) is 12.3 Å². The average Bonchev–Trinajstić information content (AvgIpc) is 3.04. The highest BCUT2D eigenvalue weighted by molar-refractivity contribution is 5.90. The number of halogens is 1. The van der Waals surface area contributed by atoms with Gasteiger partial charge in [0.15, 0.2) is 0 Å². The molecular formula is C18H16FN3O3. The highest BCUT2D eigenvalue weighted by atomic mass is 19.1. The molecule has 0 unspecified atom stereocenters. The summed E-state index contributed by atoms with van der Waals surface area (Å²) in [4.78, 5) is 12.0. The number of anilines is 1. The van der Waals surface area contributed by atoms with Crippen LogP contribution in [-0.4, -0.2) is 23.2 Å². The molecule has 0 atom stereocenters. The lowest BCUT2D eigenvalue weighted by atomic mass is 10.1. The van der Waals surface area contributed by atoms with Gasteiger partial charge >= 0.3 is 6.01 Å². The molecule has 2 aromatic carbocycles. The summed E-state index contributed by atoms with van der Waals surface area (Å²) >= 11 is 0. The van der Waals surface area contributed by atoms with Crippen molar-refractivity contribution in [3.05, 3.63) is 71.4 Å². The number of rotatable bonds is 6. The first-order valence-corrected chi connectivity index (χ1v) is 7.62. The van der Waals surface area contributed by atoms with Crippen molar-refractivity contribution in [2.75, 3.05) is 12.4 Å². The van der Waals surface area contributed by atoms with E-state index >= 15 is 0 Å². The molecule has 3 aromatic rings. The van der Waals surface area contributed by atoms with E-state index in [4.69, 9.17) is 9.15 Å². The summed E-state index contributed by atoms with van der Waals surface area (Å²) in [5.41, 5.74) is 1.67. The lowest BCUT2D eigenvalue weighted by Crippen LogP contribution is -2.14. The second-order valence-electron chi connectivity index (χ2n) is 5.38. The minimum Gasteiger partial charge on any atom is -0.497 e. The van der Waals surface area contributed by atoms with Crippen LogP contribution in [0.3, 0.4) is 0 Å². The monoisotopic (exact) mass is 341 g/mol. The Morgan fingerprint density at radius 1 is 1.08 bits per heavy atom. The topological polar surface area (TPSA) is 77.2 Å². The molecular weight excluding hydrogens is 325 g/mol. The fourth-order valence-corrected chi connectivity index (χ4v) is 2.24. The quantitative estimate of drug-likeness (QED) is 0.746. The Balaban J connectivity index is 1.56. The number of carbonyl (C=O) groups is 1. The van der Waals surface area contributed by atoms with Crippen LogP contribution in [0.5, 0.6) is 5.75 Å². The molecule has 0 bridgehead atoms. The van der Waals surface area contributed by atoms with E-state index in [0.717, 1.165) is 16.9 Å². The number of benzene rings is 2. The molecule has 0 aliphatic heterocycles. The standard InChI is InChI=1S/C18H16FN3O3/c1-24-15-8-4-12(5-9-15)10-16(23)20-18-22-21-17(25-18)11-13-2-6-14(19)7-3-13/h2-9H,10-11H2,1H3,(H,20,22,23). The molecule has 7 heteroatoms. The van der Waals surface area contributed by atoms with E-state index in [1.54, 1.807) is 31.4 Å². The van der Waals surface area contributed by atoms with Gasteiger partial charge in [0.1, 0.15) is 11.6 Å². The zero-order valence-corrected chi connectivity index (χ0v) is 13.5. The molecule has 1 amide bonds. The van der Waals surface area contributed by atoms with Crippen LogP contribution in [0.25, 0.3) is 0 Å². The fourth-order valence-electron chi connectivity index (χ4n) is 2.24. The van der Waals surface area contributed by atoms with Crippen LogP contribution < -0.4 is 10.1 Å². The van der Waals surface area contributed by atoms with Gasteiger partial charge in [-0.05, 0) is 35.4 Å². The first-order valence-electron chi connectivity index (χ1n) is 7.62. The fraction of sp³-hybridized carbons (Fsp3) is 0.167. The number of ether oxygens (including phenoxy) is 1. The minimum absolute atomic E-state index is 0.0376. The third kappa shape index (κ3) is 4.63. The van der Waals surface area contributed by atoms with Gasteiger partial charge in [0.2, 0.25) is 11.8 Å². The van der Waals surface area contributed by atoms with E-state index in [1.807, 2.05) is 12.1 Å². The maximum Gasteiger partial charge on any atom is 0.322 e. The van der Waals surface area contributed by atoms with Crippen LogP contribution in [0, 0.1) is 5.82 Å². The zero-order valence-electron chi connectivity index (χ0n) is 13.5. The molecule has 0 aliphatic rings. The molecule has 0 spiro atoms. The molecule has 1 N–H and O–H groups in total. The van der Waals surface area contributed by atoms with Gasteiger partial charge in [0, 0.05) is 0 Å². The van der Waals surface area contributed by atoms with Crippen molar-refractivity contribution in [2.24, 2.45) is 0 Å². The van der Waals surface area contributed by atoms with Crippen molar-refractivity contribution in [1.29, 1.82) is 0 Å². The summed E-state index contributed by atoms with van der Waals surface area (Å²) < 4.78 is 23.4. The Hall–Kier alpha value is -3.22. The Kier molecular flexibility index (Phi) is 5.03. The summed E-state index contributed by atoms with van der Waals surface area (Å²) in [6.45, 7) is 0.